The third kappa shape index (κ3) is 6.72. The zero-order valence-electron chi connectivity index (χ0n) is 25.3. The molecule has 1 aromatic carbocycles. The fraction of sp³-hybridized carbons (Fsp3) is 0.469. The number of pyridine rings is 2. The highest BCUT2D eigenvalue weighted by atomic mass is 32.2. The number of anilines is 1. The maximum absolute atomic E-state index is 15.8. The third-order valence-corrected chi connectivity index (χ3v) is 11.0. The van der Waals surface area contributed by atoms with Crippen molar-refractivity contribution in [1.29, 1.82) is 0 Å². The second-order valence-corrected chi connectivity index (χ2v) is 14.8. The van der Waals surface area contributed by atoms with Gasteiger partial charge in [-0.2, -0.15) is 0 Å². The van der Waals surface area contributed by atoms with Crippen LogP contribution in [0.15, 0.2) is 42.7 Å². The summed E-state index contributed by atoms with van der Waals surface area (Å²) >= 11 is 0. The zero-order valence-corrected chi connectivity index (χ0v) is 26.1. The van der Waals surface area contributed by atoms with Gasteiger partial charge in [0.1, 0.15) is 32.9 Å². The number of carbonyl (C=O) groups is 1. The van der Waals surface area contributed by atoms with E-state index in [4.69, 9.17) is 5.73 Å². The third-order valence-electron chi connectivity index (χ3n) is 9.24. The number of rotatable bonds is 7. The van der Waals surface area contributed by atoms with E-state index in [1.165, 1.54) is 12.1 Å². The summed E-state index contributed by atoms with van der Waals surface area (Å²) in [5, 5.41) is 13.3. The summed E-state index contributed by atoms with van der Waals surface area (Å²) in [5.41, 5.74) is 8.43. The molecule has 0 spiro atoms. The highest BCUT2D eigenvalue weighted by molar-refractivity contribution is 7.91. The molecule has 4 atom stereocenters. The molecular formula is C32H39BF2N4O4S. The van der Waals surface area contributed by atoms with Crippen molar-refractivity contribution < 1.29 is 27.1 Å². The van der Waals surface area contributed by atoms with Crippen LogP contribution in [-0.2, 0) is 9.84 Å². The van der Waals surface area contributed by atoms with Gasteiger partial charge in [-0.15, -0.1) is 0 Å². The SMILES string of the molecule is CCC1CC(c2ccncc2NC(=O)c2ccc(F)c(-c3c(F)cc(C4CCS(=O)(=O)CC4)cc3B(C)C)n2)CC(N)C1O. The number of aromatic nitrogens is 2. The second kappa shape index (κ2) is 13.0. The van der Waals surface area contributed by atoms with Crippen LogP contribution in [0.5, 0.6) is 0 Å². The average molecular weight is 625 g/mol. The molecule has 1 amide bonds. The smallest absolute Gasteiger partial charge is 0.274 e. The summed E-state index contributed by atoms with van der Waals surface area (Å²) in [6, 6.07) is 6.96. The molecule has 5 rings (SSSR count). The molecule has 4 N–H and O–H groups in total. The minimum absolute atomic E-state index is 0.00105. The van der Waals surface area contributed by atoms with Gasteiger partial charge in [0.05, 0.1) is 29.5 Å². The Kier molecular flexibility index (Phi) is 9.53. The summed E-state index contributed by atoms with van der Waals surface area (Å²) in [7, 11) is -3.08. The standard InChI is InChI=1S/C32H39BF2N4O4S/c1-4-18-13-21(16-26(36)31(18)40)22-7-10-37-17-28(22)39-32(41)27-6-5-24(34)30(38-27)29-23(33(2)3)14-20(15-25(29)35)19-8-11-44(42,43)12-9-19/h5-7,10,14-15,17-19,21,26,31,40H,4,8-9,11-13,16,36H2,1-3H3,(H,39,41). The lowest BCUT2D eigenvalue weighted by atomic mass is 9.48. The summed E-state index contributed by atoms with van der Waals surface area (Å²) in [4.78, 5) is 22.0. The molecule has 44 heavy (non-hydrogen) atoms. The van der Waals surface area contributed by atoms with Crippen molar-refractivity contribution in [2.45, 2.75) is 76.7 Å². The first kappa shape index (κ1) is 32.2. The number of benzene rings is 1. The number of nitrogens with zero attached hydrogens (tertiary/aromatic N) is 2. The van der Waals surface area contributed by atoms with Crippen LogP contribution in [0.1, 0.15) is 72.5 Å². The van der Waals surface area contributed by atoms with Gasteiger partial charge in [0.2, 0.25) is 0 Å². The summed E-state index contributed by atoms with van der Waals surface area (Å²) < 4.78 is 55.0. The van der Waals surface area contributed by atoms with Crippen LogP contribution in [0, 0.1) is 17.6 Å². The van der Waals surface area contributed by atoms with E-state index in [-0.39, 0.29) is 59.0 Å². The molecule has 3 heterocycles. The van der Waals surface area contributed by atoms with Gasteiger partial charge in [-0.3, -0.25) is 9.78 Å². The maximum atomic E-state index is 15.8. The molecule has 1 aliphatic carbocycles. The van der Waals surface area contributed by atoms with Gasteiger partial charge in [0, 0.05) is 17.8 Å². The fourth-order valence-corrected chi connectivity index (χ4v) is 8.18. The van der Waals surface area contributed by atoms with E-state index >= 15 is 8.78 Å². The summed E-state index contributed by atoms with van der Waals surface area (Å²) in [5.74, 6) is -2.00. The van der Waals surface area contributed by atoms with Crippen LogP contribution >= 0.6 is 0 Å². The molecule has 234 valence electrons. The number of nitrogens with two attached hydrogens (primary N) is 1. The van der Waals surface area contributed by atoms with Gasteiger partial charge in [-0.05, 0) is 78.8 Å². The van der Waals surface area contributed by atoms with Crippen LogP contribution in [0.2, 0.25) is 13.6 Å². The molecule has 12 heteroatoms. The van der Waals surface area contributed by atoms with E-state index in [0.717, 1.165) is 18.1 Å². The van der Waals surface area contributed by atoms with E-state index < -0.39 is 33.5 Å². The Morgan fingerprint density at radius 1 is 1.09 bits per heavy atom. The largest absolute Gasteiger partial charge is 0.391 e. The lowest BCUT2D eigenvalue weighted by Crippen LogP contribution is -2.45. The molecule has 2 aliphatic rings. The number of nitrogens with one attached hydrogen (secondary N) is 1. The second-order valence-electron chi connectivity index (χ2n) is 12.5. The normalized spacial score (nSPS) is 23.7. The molecule has 4 unspecified atom stereocenters. The van der Waals surface area contributed by atoms with Gasteiger partial charge >= 0.3 is 0 Å². The molecule has 2 aromatic heterocycles. The monoisotopic (exact) mass is 624 g/mol. The minimum atomic E-state index is -3.08. The Labute approximate surface area is 257 Å². The Bertz CT molecular complexity index is 1640. The first-order valence-corrected chi connectivity index (χ1v) is 17.1. The molecule has 8 nitrogen and oxygen atoms in total. The van der Waals surface area contributed by atoms with Gasteiger partial charge in [0.15, 0.2) is 6.71 Å². The molecule has 0 bridgehead atoms. The summed E-state index contributed by atoms with van der Waals surface area (Å²) in [6.45, 7) is 5.55. The Morgan fingerprint density at radius 2 is 1.82 bits per heavy atom. The number of halogens is 2. The Balaban J connectivity index is 1.45. The minimum Gasteiger partial charge on any atom is -0.391 e. The Hall–Kier alpha value is -3.22. The number of amides is 1. The van der Waals surface area contributed by atoms with Gasteiger partial charge in [0.25, 0.3) is 5.91 Å². The van der Waals surface area contributed by atoms with E-state index in [0.29, 0.717) is 42.4 Å². The van der Waals surface area contributed by atoms with Crippen molar-refractivity contribution in [2.24, 2.45) is 11.7 Å². The number of aliphatic hydroxyl groups is 1. The Morgan fingerprint density at radius 3 is 2.50 bits per heavy atom. The first-order valence-electron chi connectivity index (χ1n) is 15.3. The van der Waals surface area contributed by atoms with Crippen molar-refractivity contribution >= 4 is 33.6 Å². The lowest BCUT2D eigenvalue weighted by Gasteiger charge is -2.38. The molecule has 3 aromatic rings. The fourth-order valence-electron chi connectivity index (χ4n) is 6.69. The highest BCUT2D eigenvalue weighted by Gasteiger charge is 2.35. The van der Waals surface area contributed by atoms with E-state index in [1.807, 2.05) is 32.7 Å². The molecular weight excluding hydrogens is 585 g/mol. The zero-order chi connectivity index (χ0) is 31.8. The average Bonchev–Trinajstić information content (AvgIpc) is 2.98. The van der Waals surface area contributed by atoms with Crippen molar-refractivity contribution in [2.75, 3.05) is 16.8 Å². The van der Waals surface area contributed by atoms with Gasteiger partial charge < -0.3 is 16.2 Å². The number of carbonyl (C=O) groups excluding carboxylic acids is 1. The predicted octanol–water partition coefficient (Wildman–Crippen LogP) is 4.52. The van der Waals surface area contributed by atoms with Crippen molar-refractivity contribution in [3.8, 4) is 11.3 Å². The number of aliphatic hydroxyl groups excluding tert-OH is 1. The molecule has 2 fully saturated rings. The maximum Gasteiger partial charge on any atom is 0.274 e. The number of hydrogen-bond donors (Lipinski definition) is 3. The van der Waals surface area contributed by atoms with Crippen LogP contribution in [0.4, 0.5) is 14.5 Å². The van der Waals surface area contributed by atoms with E-state index in [1.54, 1.807) is 12.4 Å². The first-order chi connectivity index (χ1) is 20.9. The molecule has 1 saturated carbocycles. The molecule has 1 saturated heterocycles. The van der Waals surface area contributed by atoms with Crippen LogP contribution < -0.4 is 16.5 Å². The van der Waals surface area contributed by atoms with Gasteiger partial charge in [-0.25, -0.2) is 22.2 Å². The lowest BCUT2D eigenvalue weighted by molar-refractivity contribution is 0.0416. The highest BCUT2D eigenvalue weighted by Crippen LogP contribution is 2.40. The van der Waals surface area contributed by atoms with E-state index in [9.17, 15) is 18.3 Å². The predicted molar refractivity (Wildman–Crippen MR) is 169 cm³/mol. The topological polar surface area (TPSA) is 135 Å². The van der Waals surface area contributed by atoms with Crippen LogP contribution in [0.3, 0.4) is 0 Å². The summed E-state index contributed by atoms with van der Waals surface area (Å²) in [6.07, 6.45) is 5.45. The quantitative estimate of drug-likeness (QED) is 0.329. The number of sulfone groups is 1. The van der Waals surface area contributed by atoms with Crippen molar-refractivity contribution in [3.05, 3.63) is 71.2 Å². The van der Waals surface area contributed by atoms with Crippen molar-refractivity contribution in [1.82, 2.24) is 9.97 Å². The van der Waals surface area contributed by atoms with Crippen LogP contribution in [-0.4, -0.2) is 59.8 Å². The van der Waals surface area contributed by atoms with E-state index in [2.05, 4.69) is 15.3 Å². The van der Waals surface area contributed by atoms with Crippen LogP contribution in [0.25, 0.3) is 11.3 Å². The molecule has 0 radical (unpaired) electrons. The van der Waals surface area contributed by atoms with Gasteiger partial charge in [-0.1, -0.05) is 38.5 Å². The molecule has 1 aliphatic heterocycles. The van der Waals surface area contributed by atoms with Crippen molar-refractivity contribution in [3.63, 3.8) is 0 Å². The number of hydrogen-bond acceptors (Lipinski definition) is 7.